The fraction of sp³-hybridized carbons (Fsp3) is 0.882. The van der Waals surface area contributed by atoms with Crippen LogP contribution in [0, 0.1) is 12.3 Å². The molecule has 0 radical (unpaired) electrons. The summed E-state index contributed by atoms with van der Waals surface area (Å²) in [5, 5.41) is 0. The fourth-order valence-electron chi connectivity index (χ4n) is 2.30. The van der Waals surface area contributed by atoms with E-state index in [1.165, 1.54) is 74.2 Å². The Morgan fingerprint density at radius 1 is 0.842 bits per heavy atom. The Bertz CT molecular complexity index is 210. The van der Waals surface area contributed by atoms with Gasteiger partial charge in [-0.3, -0.25) is 3.89 Å². The normalized spacial score (nSPS) is 11.5. The van der Waals surface area contributed by atoms with E-state index in [4.69, 9.17) is 6.42 Å². The number of unbranched alkanes of at least 4 members (excludes halogenated alkanes) is 4. The number of nitrogens with zero attached hydrogens (tertiary/aromatic N) is 1. The molecule has 0 amide bonds. The van der Waals surface area contributed by atoms with E-state index in [1.54, 1.807) is 0 Å². The average Bonchev–Trinajstić information content (AvgIpc) is 2.44. The molecule has 0 aliphatic rings. The van der Waals surface area contributed by atoms with Gasteiger partial charge in [0.2, 0.25) is 0 Å². The van der Waals surface area contributed by atoms with Crippen molar-refractivity contribution in [3.63, 3.8) is 0 Å². The average molecular weight is 285 g/mol. The van der Waals surface area contributed by atoms with Gasteiger partial charge in [-0.1, -0.05) is 40.0 Å². The second kappa shape index (κ2) is 12.9. The Morgan fingerprint density at radius 2 is 1.32 bits per heavy atom. The molecule has 0 aliphatic carbocycles. The molecule has 0 heterocycles. The number of hydrogen-bond acceptors (Lipinski definition) is 1. The quantitative estimate of drug-likeness (QED) is 0.192. The van der Waals surface area contributed by atoms with Gasteiger partial charge in [-0.2, -0.15) is 0 Å². The summed E-state index contributed by atoms with van der Waals surface area (Å²) in [6, 6.07) is 0. The highest BCUT2D eigenvalue weighted by molar-refractivity contribution is 7.93. The van der Waals surface area contributed by atoms with E-state index < -0.39 is 0 Å². The summed E-state index contributed by atoms with van der Waals surface area (Å²) in [7, 11) is 0. The van der Waals surface area contributed by atoms with Crippen molar-refractivity contribution in [1.29, 1.82) is 0 Å². The van der Waals surface area contributed by atoms with Crippen LogP contribution in [0.3, 0.4) is 0 Å². The van der Waals surface area contributed by atoms with Crippen LogP contribution in [-0.2, 0) is 0 Å². The van der Waals surface area contributed by atoms with Crippen molar-refractivity contribution < 1.29 is 3.89 Å². The lowest BCUT2D eigenvalue weighted by Crippen LogP contribution is -2.44. The van der Waals surface area contributed by atoms with Crippen LogP contribution < -0.4 is 0 Å². The Balaban J connectivity index is 4.43. The molecule has 0 saturated carbocycles. The summed E-state index contributed by atoms with van der Waals surface area (Å²) in [6.45, 7) is 10.9. The third-order valence-corrected chi connectivity index (χ3v) is 5.15. The van der Waals surface area contributed by atoms with Crippen LogP contribution in [0.1, 0.15) is 72.1 Å². The van der Waals surface area contributed by atoms with Crippen molar-refractivity contribution in [2.45, 2.75) is 72.1 Å². The van der Waals surface area contributed by atoms with Gasteiger partial charge in [0.1, 0.15) is 0 Å². The minimum Gasteiger partial charge on any atom is -0.262 e. The number of rotatable bonds is 13. The standard InChI is InChI=1S/C17H34NS/c1-5-9-13-17-19-18(14-10-6-2,15-11-7-3)16-12-8-4/h1H,6-17H2,2-4H3/q+1. The van der Waals surface area contributed by atoms with Crippen molar-refractivity contribution in [1.82, 2.24) is 0 Å². The van der Waals surface area contributed by atoms with Crippen LogP contribution in [-0.4, -0.2) is 29.3 Å². The van der Waals surface area contributed by atoms with E-state index in [2.05, 4.69) is 38.6 Å². The summed E-state index contributed by atoms with van der Waals surface area (Å²) in [4.78, 5) is 0. The molecule has 0 saturated heterocycles. The molecule has 0 aromatic heterocycles. The predicted molar refractivity (Wildman–Crippen MR) is 90.1 cm³/mol. The molecule has 0 aromatic rings. The van der Waals surface area contributed by atoms with Crippen LogP contribution >= 0.6 is 11.9 Å². The first-order chi connectivity index (χ1) is 9.24. The summed E-state index contributed by atoms with van der Waals surface area (Å²) in [5.41, 5.74) is 0. The van der Waals surface area contributed by atoms with Crippen LogP contribution in [0.5, 0.6) is 0 Å². The minimum atomic E-state index is 0.933. The van der Waals surface area contributed by atoms with E-state index in [-0.39, 0.29) is 0 Å². The molecule has 0 N–H and O–H groups in total. The van der Waals surface area contributed by atoms with Gasteiger partial charge in [-0.25, -0.2) is 0 Å². The van der Waals surface area contributed by atoms with Crippen LogP contribution in [0.15, 0.2) is 0 Å². The van der Waals surface area contributed by atoms with E-state index in [1.807, 2.05) is 0 Å². The lowest BCUT2D eigenvalue weighted by Gasteiger charge is -2.36. The van der Waals surface area contributed by atoms with E-state index in [9.17, 15) is 0 Å². The maximum absolute atomic E-state index is 5.35. The molecular weight excluding hydrogens is 250 g/mol. The zero-order valence-electron chi connectivity index (χ0n) is 13.4. The molecule has 0 unspecified atom stereocenters. The smallest absolute Gasteiger partial charge is 0.0892 e. The van der Waals surface area contributed by atoms with Gasteiger partial charge in [0.25, 0.3) is 0 Å². The molecule has 2 heteroatoms. The molecule has 0 aromatic carbocycles. The van der Waals surface area contributed by atoms with E-state index in [0.29, 0.717) is 0 Å². The second-order valence-corrected chi connectivity index (χ2v) is 6.87. The molecule has 112 valence electrons. The molecule has 0 aliphatic heterocycles. The highest BCUT2D eigenvalue weighted by Crippen LogP contribution is 2.27. The number of hydrogen-bond donors (Lipinski definition) is 0. The van der Waals surface area contributed by atoms with Gasteiger partial charge in [-0.15, -0.1) is 12.3 Å². The lowest BCUT2D eigenvalue weighted by molar-refractivity contribution is -0.796. The summed E-state index contributed by atoms with van der Waals surface area (Å²) >= 11 is 2.17. The maximum Gasteiger partial charge on any atom is 0.0892 e. The van der Waals surface area contributed by atoms with Gasteiger partial charge >= 0.3 is 0 Å². The topological polar surface area (TPSA) is 0 Å². The second-order valence-electron chi connectivity index (χ2n) is 5.43. The molecule has 19 heavy (non-hydrogen) atoms. The van der Waals surface area contributed by atoms with E-state index >= 15 is 0 Å². The highest BCUT2D eigenvalue weighted by atomic mass is 32.2. The molecule has 0 rings (SSSR count). The molecule has 0 spiro atoms. The van der Waals surface area contributed by atoms with Gasteiger partial charge < -0.3 is 0 Å². The Kier molecular flexibility index (Phi) is 12.8. The fourth-order valence-corrected chi connectivity index (χ4v) is 3.74. The van der Waals surface area contributed by atoms with Gasteiger partial charge in [-0.05, 0) is 25.7 Å². The largest absolute Gasteiger partial charge is 0.262 e. The van der Waals surface area contributed by atoms with Crippen molar-refractivity contribution >= 4 is 11.9 Å². The first kappa shape index (κ1) is 18.9. The first-order valence-electron chi connectivity index (χ1n) is 8.18. The first-order valence-corrected chi connectivity index (χ1v) is 9.13. The van der Waals surface area contributed by atoms with Crippen molar-refractivity contribution in [3.05, 3.63) is 0 Å². The van der Waals surface area contributed by atoms with Crippen molar-refractivity contribution in [2.75, 3.05) is 25.4 Å². The molecule has 0 fully saturated rings. The highest BCUT2D eigenvalue weighted by Gasteiger charge is 2.27. The zero-order chi connectivity index (χ0) is 14.4. The molecule has 1 nitrogen and oxygen atoms in total. The van der Waals surface area contributed by atoms with Crippen LogP contribution in [0.2, 0.25) is 0 Å². The molecule has 0 atom stereocenters. The SMILES string of the molecule is C#CCCCS[N+](CCCC)(CCCC)CCCC. The maximum atomic E-state index is 5.35. The van der Waals surface area contributed by atoms with Crippen molar-refractivity contribution in [2.24, 2.45) is 0 Å². The third-order valence-electron chi connectivity index (χ3n) is 3.59. The van der Waals surface area contributed by atoms with Crippen molar-refractivity contribution in [3.8, 4) is 12.3 Å². The minimum absolute atomic E-state index is 0.933. The van der Waals surface area contributed by atoms with Crippen LogP contribution in [0.4, 0.5) is 0 Å². The molecule has 0 bridgehead atoms. The summed E-state index contributed by atoms with van der Waals surface area (Å²) in [5.74, 6) is 3.99. The summed E-state index contributed by atoms with van der Waals surface area (Å²) in [6.07, 6.45) is 15.5. The van der Waals surface area contributed by atoms with Gasteiger partial charge in [0.05, 0.1) is 31.6 Å². The predicted octanol–water partition coefficient (Wildman–Crippen LogP) is 5.27. The Labute approximate surface area is 126 Å². The number of quaternary nitrogens is 1. The van der Waals surface area contributed by atoms with Gasteiger partial charge in [0, 0.05) is 12.2 Å². The third kappa shape index (κ3) is 9.41. The van der Waals surface area contributed by atoms with E-state index in [0.717, 1.165) is 6.42 Å². The zero-order valence-corrected chi connectivity index (χ0v) is 14.2. The Morgan fingerprint density at radius 3 is 1.68 bits per heavy atom. The lowest BCUT2D eigenvalue weighted by atomic mass is 10.2. The number of terminal acetylenes is 1. The van der Waals surface area contributed by atoms with Crippen LogP contribution in [0.25, 0.3) is 0 Å². The summed E-state index contributed by atoms with van der Waals surface area (Å²) < 4.78 is 1.28. The Hall–Kier alpha value is -0.130. The van der Waals surface area contributed by atoms with Gasteiger partial charge in [0.15, 0.2) is 0 Å². The molecular formula is C17H34NS+. The monoisotopic (exact) mass is 284 g/mol.